The Labute approximate surface area is 68.2 Å². The van der Waals surface area contributed by atoms with Crippen LogP contribution in [0.3, 0.4) is 0 Å². The van der Waals surface area contributed by atoms with E-state index < -0.39 is 6.10 Å². The SMILES string of the molecule is CCCCCC(O)C#CCO. The van der Waals surface area contributed by atoms with Crippen LogP contribution in [0.2, 0.25) is 0 Å². The van der Waals surface area contributed by atoms with E-state index in [1.165, 1.54) is 0 Å². The van der Waals surface area contributed by atoms with Gasteiger partial charge in [-0.3, -0.25) is 0 Å². The van der Waals surface area contributed by atoms with E-state index in [1.54, 1.807) is 0 Å². The molecule has 0 aromatic heterocycles. The van der Waals surface area contributed by atoms with Crippen molar-refractivity contribution in [3.05, 3.63) is 0 Å². The van der Waals surface area contributed by atoms with Crippen LogP contribution in [0, 0.1) is 11.8 Å². The van der Waals surface area contributed by atoms with Crippen molar-refractivity contribution in [2.45, 2.75) is 38.7 Å². The number of rotatable bonds is 4. The van der Waals surface area contributed by atoms with Crippen molar-refractivity contribution in [3.8, 4) is 11.8 Å². The highest BCUT2D eigenvalue weighted by molar-refractivity contribution is 5.04. The maximum Gasteiger partial charge on any atom is 0.114 e. The van der Waals surface area contributed by atoms with Gasteiger partial charge in [0.1, 0.15) is 12.7 Å². The second-order valence-corrected chi connectivity index (χ2v) is 2.49. The summed E-state index contributed by atoms with van der Waals surface area (Å²) >= 11 is 0. The lowest BCUT2D eigenvalue weighted by Crippen LogP contribution is -2.02. The van der Waals surface area contributed by atoms with Crippen molar-refractivity contribution < 1.29 is 10.2 Å². The largest absolute Gasteiger partial charge is 0.384 e. The molecule has 0 amide bonds. The summed E-state index contributed by atoms with van der Waals surface area (Å²) < 4.78 is 0. The van der Waals surface area contributed by atoms with Gasteiger partial charge in [0.25, 0.3) is 0 Å². The van der Waals surface area contributed by atoms with Gasteiger partial charge in [0.2, 0.25) is 0 Å². The smallest absolute Gasteiger partial charge is 0.114 e. The third-order valence-corrected chi connectivity index (χ3v) is 1.43. The first-order valence-electron chi connectivity index (χ1n) is 4.08. The quantitative estimate of drug-likeness (QED) is 0.469. The molecule has 0 rings (SSSR count). The molecule has 0 aromatic carbocycles. The zero-order chi connectivity index (χ0) is 8.53. The van der Waals surface area contributed by atoms with Gasteiger partial charge in [0.05, 0.1) is 0 Å². The Morgan fingerprint density at radius 1 is 1.36 bits per heavy atom. The molecule has 1 unspecified atom stereocenters. The van der Waals surface area contributed by atoms with Gasteiger partial charge in [-0.05, 0) is 12.8 Å². The Hall–Kier alpha value is -0.520. The molecule has 0 aliphatic heterocycles. The third-order valence-electron chi connectivity index (χ3n) is 1.43. The van der Waals surface area contributed by atoms with E-state index in [0.717, 1.165) is 25.7 Å². The highest BCUT2D eigenvalue weighted by atomic mass is 16.3. The van der Waals surface area contributed by atoms with Gasteiger partial charge >= 0.3 is 0 Å². The molecule has 2 N–H and O–H groups in total. The second-order valence-electron chi connectivity index (χ2n) is 2.49. The van der Waals surface area contributed by atoms with Crippen LogP contribution in [-0.4, -0.2) is 22.9 Å². The molecule has 11 heavy (non-hydrogen) atoms. The summed E-state index contributed by atoms with van der Waals surface area (Å²) in [5.74, 6) is 4.98. The Kier molecular flexibility index (Phi) is 7.23. The monoisotopic (exact) mass is 156 g/mol. The van der Waals surface area contributed by atoms with E-state index in [1.807, 2.05) is 0 Å². The fraction of sp³-hybridized carbons (Fsp3) is 0.778. The van der Waals surface area contributed by atoms with Crippen molar-refractivity contribution in [2.24, 2.45) is 0 Å². The molecule has 0 heterocycles. The molecular formula is C9H16O2. The molecule has 0 saturated heterocycles. The van der Waals surface area contributed by atoms with E-state index in [-0.39, 0.29) is 6.61 Å². The van der Waals surface area contributed by atoms with Crippen LogP contribution in [0.15, 0.2) is 0 Å². The van der Waals surface area contributed by atoms with Crippen LogP contribution in [0.4, 0.5) is 0 Å². The number of aliphatic hydroxyl groups is 2. The van der Waals surface area contributed by atoms with Crippen LogP contribution in [0.1, 0.15) is 32.6 Å². The number of hydrogen-bond donors (Lipinski definition) is 2. The maximum atomic E-state index is 9.12. The van der Waals surface area contributed by atoms with Crippen LogP contribution in [0.5, 0.6) is 0 Å². The molecule has 0 fully saturated rings. The van der Waals surface area contributed by atoms with Gasteiger partial charge in [-0.2, -0.15) is 0 Å². The van der Waals surface area contributed by atoms with Crippen LogP contribution in [-0.2, 0) is 0 Å². The summed E-state index contributed by atoms with van der Waals surface area (Å²) in [6.45, 7) is 1.95. The molecule has 0 radical (unpaired) electrons. The average Bonchev–Trinajstić information content (AvgIpc) is 2.01. The van der Waals surface area contributed by atoms with Crippen molar-refractivity contribution in [2.75, 3.05) is 6.61 Å². The van der Waals surface area contributed by atoms with Gasteiger partial charge in [-0.25, -0.2) is 0 Å². The minimum atomic E-state index is -0.548. The lowest BCUT2D eigenvalue weighted by Gasteiger charge is -2.00. The fourth-order valence-electron chi connectivity index (χ4n) is 0.823. The van der Waals surface area contributed by atoms with E-state index in [2.05, 4.69) is 18.8 Å². The average molecular weight is 156 g/mol. The molecule has 0 aromatic rings. The molecule has 1 atom stereocenters. The first-order valence-corrected chi connectivity index (χ1v) is 4.08. The summed E-state index contributed by atoms with van der Waals surface area (Å²) in [7, 11) is 0. The standard InChI is InChI=1S/C9H16O2/c1-2-3-4-6-9(11)7-5-8-10/h9-11H,2-4,6,8H2,1H3. The first kappa shape index (κ1) is 10.5. The zero-order valence-corrected chi connectivity index (χ0v) is 7.01. The highest BCUT2D eigenvalue weighted by Gasteiger charge is 1.96. The van der Waals surface area contributed by atoms with Crippen molar-refractivity contribution in [1.82, 2.24) is 0 Å². The fourth-order valence-corrected chi connectivity index (χ4v) is 0.823. The molecule has 0 spiro atoms. The Morgan fingerprint density at radius 2 is 2.09 bits per heavy atom. The van der Waals surface area contributed by atoms with Crippen molar-refractivity contribution in [3.63, 3.8) is 0 Å². The molecule has 0 aliphatic rings. The zero-order valence-electron chi connectivity index (χ0n) is 7.01. The molecular weight excluding hydrogens is 140 g/mol. The summed E-state index contributed by atoms with van der Waals surface area (Å²) in [5.41, 5.74) is 0. The second kappa shape index (κ2) is 7.59. The Balaban J connectivity index is 3.29. The van der Waals surface area contributed by atoms with Gasteiger partial charge in [0, 0.05) is 0 Å². The van der Waals surface area contributed by atoms with Crippen LogP contribution >= 0.6 is 0 Å². The molecule has 2 heteroatoms. The predicted molar refractivity (Wildman–Crippen MR) is 45.0 cm³/mol. The summed E-state index contributed by atoms with van der Waals surface area (Å²) in [4.78, 5) is 0. The van der Waals surface area contributed by atoms with E-state index >= 15 is 0 Å². The number of unbranched alkanes of at least 4 members (excludes halogenated alkanes) is 2. The summed E-state index contributed by atoms with van der Waals surface area (Å²) in [6, 6.07) is 0. The lowest BCUT2D eigenvalue weighted by atomic mass is 10.1. The van der Waals surface area contributed by atoms with Crippen molar-refractivity contribution in [1.29, 1.82) is 0 Å². The summed E-state index contributed by atoms with van der Waals surface area (Å²) in [5, 5.41) is 17.4. The van der Waals surface area contributed by atoms with E-state index in [0.29, 0.717) is 0 Å². The molecule has 0 aliphatic carbocycles. The van der Waals surface area contributed by atoms with Gasteiger partial charge in [0.15, 0.2) is 0 Å². The molecule has 2 nitrogen and oxygen atoms in total. The summed E-state index contributed by atoms with van der Waals surface area (Å²) in [6.07, 6.45) is 3.48. The highest BCUT2D eigenvalue weighted by Crippen LogP contribution is 2.01. The Morgan fingerprint density at radius 3 is 2.64 bits per heavy atom. The third kappa shape index (κ3) is 7.38. The molecule has 0 bridgehead atoms. The van der Waals surface area contributed by atoms with Crippen LogP contribution in [0.25, 0.3) is 0 Å². The molecule has 64 valence electrons. The van der Waals surface area contributed by atoms with E-state index in [4.69, 9.17) is 10.2 Å². The maximum absolute atomic E-state index is 9.12. The molecule has 0 saturated carbocycles. The number of aliphatic hydroxyl groups excluding tert-OH is 2. The first-order chi connectivity index (χ1) is 5.31. The van der Waals surface area contributed by atoms with E-state index in [9.17, 15) is 0 Å². The lowest BCUT2D eigenvalue weighted by molar-refractivity contribution is 0.217. The van der Waals surface area contributed by atoms with Crippen LogP contribution < -0.4 is 0 Å². The predicted octanol–water partition coefficient (Wildman–Crippen LogP) is 0.923. The van der Waals surface area contributed by atoms with Gasteiger partial charge in [-0.15, -0.1) is 0 Å². The van der Waals surface area contributed by atoms with Gasteiger partial charge < -0.3 is 10.2 Å². The Bertz CT molecular complexity index is 132. The minimum Gasteiger partial charge on any atom is -0.384 e. The minimum absolute atomic E-state index is 0.162. The topological polar surface area (TPSA) is 40.5 Å². The van der Waals surface area contributed by atoms with Gasteiger partial charge in [-0.1, -0.05) is 31.6 Å². The number of hydrogen-bond acceptors (Lipinski definition) is 2. The normalized spacial score (nSPS) is 11.9. The van der Waals surface area contributed by atoms with Crippen molar-refractivity contribution >= 4 is 0 Å².